The van der Waals surface area contributed by atoms with E-state index >= 15 is 0 Å². The van der Waals surface area contributed by atoms with Crippen molar-refractivity contribution in [2.24, 2.45) is 0 Å². The molecular weight excluding hydrogens is 294 g/mol. The molecule has 0 saturated heterocycles. The highest BCUT2D eigenvalue weighted by atomic mass is 79.9. The number of hydrogen-bond donors (Lipinski definition) is 1. The number of aromatic nitrogens is 2. The SMILES string of the molecule is CCNc1nc(C2CCCC2)nc(COC)c1Br. The van der Waals surface area contributed by atoms with Gasteiger partial charge in [-0.1, -0.05) is 12.8 Å². The van der Waals surface area contributed by atoms with Gasteiger partial charge < -0.3 is 10.1 Å². The molecule has 5 heteroatoms. The molecule has 0 spiro atoms. The van der Waals surface area contributed by atoms with Crippen molar-refractivity contribution in [3.05, 3.63) is 16.0 Å². The van der Waals surface area contributed by atoms with Crippen LogP contribution in [0, 0.1) is 0 Å². The fourth-order valence-corrected chi connectivity index (χ4v) is 2.83. The van der Waals surface area contributed by atoms with Gasteiger partial charge in [-0.05, 0) is 35.7 Å². The molecule has 0 bridgehead atoms. The Labute approximate surface area is 117 Å². The van der Waals surface area contributed by atoms with Gasteiger partial charge in [-0.3, -0.25) is 0 Å². The van der Waals surface area contributed by atoms with Crippen molar-refractivity contribution in [2.75, 3.05) is 19.0 Å². The lowest BCUT2D eigenvalue weighted by Gasteiger charge is -2.14. The van der Waals surface area contributed by atoms with E-state index in [0.717, 1.165) is 28.4 Å². The Morgan fingerprint density at radius 1 is 1.33 bits per heavy atom. The minimum atomic E-state index is 0.515. The molecule has 1 aliphatic carbocycles. The number of ether oxygens (including phenoxy) is 1. The summed E-state index contributed by atoms with van der Waals surface area (Å²) in [6.07, 6.45) is 5.00. The third-order valence-electron chi connectivity index (χ3n) is 3.28. The standard InChI is InChI=1S/C13H20BrN3O/c1-3-15-13-11(14)10(8-18-2)16-12(17-13)9-6-4-5-7-9/h9H,3-8H2,1-2H3,(H,15,16,17). The van der Waals surface area contributed by atoms with Crippen LogP contribution in [-0.2, 0) is 11.3 Å². The van der Waals surface area contributed by atoms with Gasteiger partial charge in [0.2, 0.25) is 0 Å². The number of anilines is 1. The van der Waals surface area contributed by atoms with E-state index in [1.165, 1.54) is 25.7 Å². The van der Waals surface area contributed by atoms with Gasteiger partial charge in [-0.2, -0.15) is 0 Å². The fourth-order valence-electron chi connectivity index (χ4n) is 2.40. The predicted molar refractivity (Wildman–Crippen MR) is 75.8 cm³/mol. The first-order valence-corrected chi connectivity index (χ1v) is 7.34. The monoisotopic (exact) mass is 313 g/mol. The normalized spacial score (nSPS) is 16.2. The first kappa shape index (κ1) is 13.7. The Kier molecular flexibility index (Phi) is 4.95. The summed E-state index contributed by atoms with van der Waals surface area (Å²) in [6.45, 7) is 3.44. The summed E-state index contributed by atoms with van der Waals surface area (Å²) >= 11 is 3.56. The number of methoxy groups -OCH3 is 1. The smallest absolute Gasteiger partial charge is 0.144 e. The summed E-state index contributed by atoms with van der Waals surface area (Å²) in [5.74, 6) is 2.38. The molecule has 0 amide bonds. The van der Waals surface area contributed by atoms with E-state index in [1.807, 2.05) is 0 Å². The molecule has 2 rings (SSSR count). The zero-order valence-electron chi connectivity index (χ0n) is 11.0. The van der Waals surface area contributed by atoms with Crippen LogP contribution in [0.5, 0.6) is 0 Å². The van der Waals surface area contributed by atoms with Crippen LogP contribution in [0.15, 0.2) is 4.47 Å². The highest BCUT2D eigenvalue weighted by Crippen LogP contribution is 2.34. The van der Waals surface area contributed by atoms with Crippen LogP contribution in [0.1, 0.15) is 50.0 Å². The molecule has 100 valence electrons. The quantitative estimate of drug-likeness (QED) is 0.904. The van der Waals surface area contributed by atoms with Gasteiger partial charge in [-0.15, -0.1) is 0 Å². The molecule has 18 heavy (non-hydrogen) atoms. The second-order valence-electron chi connectivity index (χ2n) is 4.64. The highest BCUT2D eigenvalue weighted by molar-refractivity contribution is 9.10. The van der Waals surface area contributed by atoms with Crippen molar-refractivity contribution in [3.8, 4) is 0 Å². The maximum absolute atomic E-state index is 5.21. The van der Waals surface area contributed by atoms with Gasteiger partial charge >= 0.3 is 0 Å². The summed E-state index contributed by atoms with van der Waals surface area (Å²) in [5.41, 5.74) is 0.936. The summed E-state index contributed by atoms with van der Waals surface area (Å²) in [4.78, 5) is 9.33. The summed E-state index contributed by atoms with van der Waals surface area (Å²) in [7, 11) is 1.69. The minimum absolute atomic E-state index is 0.515. The Morgan fingerprint density at radius 3 is 2.67 bits per heavy atom. The first-order valence-electron chi connectivity index (χ1n) is 6.55. The Balaban J connectivity index is 2.33. The van der Waals surface area contributed by atoms with Crippen molar-refractivity contribution in [1.29, 1.82) is 0 Å². The van der Waals surface area contributed by atoms with E-state index in [-0.39, 0.29) is 0 Å². The topological polar surface area (TPSA) is 47.0 Å². The number of nitrogens with one attached hydrogen (secondary N) is 1. The predicted octanol–water partition coefficient (Wildman–Crippen LogP) is 3.47. The third-order valence-corrected chi connectivity index (χ3v) is 4.12. The largest absolute Gasteiger partial charge is 0.378 e. The number of nitrogens with zero attached hydrogens (tertiary/aromatic N) is 2. The van der Waals surface area contributed by atoms with E-state index in [4.69, 9.17) is 4.74 Å². The van der Waals surface area contributed by atoms with Gasteiger partial charge in [0.05, 0.1) is 16.8 Å². The maximum atomic E-state index is 5.21. The molecule has 1 aromatic heterocycles. The number of rotatable bonds is 5. The molecule has 1 saturated carbocycles. The Bertz CT molecular complexity index is 378. The van der Waals surface area contributed by atoms with Crippen LogP contribution in [0.25, 0.3) is 0 Å². The lowest BCUT2D eigenvalue weighted by molar-refractivity contribution is 0.180. The van der Waals surface area contributed by atoms with Crippen LogP contribution in [0.3, 0.4) is 0 Å². The molecule has 0 aliphatic heterocycles. The van der Waals surface area contributed by atoms with E-state index in [0.29, 0.717) is 12.5 Å². The molecule has 1 aromatic rings. The molecule has 1 N–H and O–H groups in total. The van der Waals surface area contributed by atoms with Gasteiger partial charge in [0.15, 0.2) is 0 Å². The van der Waals surface area contributed by atoms with Crippen molar-refractivity contribution >= 4 is 21.7 Å². The van der Waals surface area contributed by atoms with Crippen molar-refractivity contribution < 1.29 is 4.74 Å². The molecule has 1 aliphatic rings. The van der Waals surface area contributed by atoms with Crippen molar-refractivity contribution in [1.82, 2.24) is 9.97 Å². The Morgan fingerprint density at radius 2 is 2.06 bits per heavy atom. The van der Waals surface area contributed by atoms with Crippen LogP contribution in [0.2, 0.25) is 0 Å². The molecule has 1 fully saturated rings. The van der Waals surface area contributed by atoms with Crippen LogP contribution in [-0.4, -0.2) is 23.6 Å². The van der Waals surface area contributed by atoms with Crippen molar-refractivity contribution in [2.45, 2.75) is 45.1 Å². The molecule has 4 nitrogen and oxygen atoms in total. The van der Waals surface area contributed by atoms with Gasteiger partial charge in [0.25, 0.3) is 0 Å². The zero-order valence-corrected chi connectivity index (χ0v) is 12.6. The first-order chi connectivity index (χ1) is 8.76. The number of hydrogen-bond acceptors (Lipinski definition) is 4. The lowest BCUT2D eigenvalue weighted by atomic mass is 10.1. The summed E-state index contributed by atoms with van der Waals surface area (Å²) in [5, 5.41) is 3.28. The maximum Gasteiger partial charge on any atom is 0.144 e. The van der Waals surface area contributed by atoms with E-state index in [2.05, 4.69) is 38.1 Å². The molecule has 1 heterocycles. The average Bonchev–Trinajstić information content (AvgIpc) is 2.88. The van der Waals surface area contributed by atoms with Gasteiger partial charge in [0.1, 0.15) is 11.6 Å². The minimum Gasteiger partial charge on any atom is -0.378 e. The molecule has 0 atom stereocenters. The Hall–Kier alpha value is -0.680. The molecular formula is C13H20BrN3O. The van der Waals surface area contributed by atoms with Crippen LogP contribution < -0.4 is 5.32 Å². The van der Waals surface area contributed by atoms with Gasteiger partial charge in [-0.25, -0.2) is 9.97 Å². The summed E-state index contributed by atoms with van der Waals surface area (Å²) < 4.78 is 6.14. The number of halogens is 1. The molecule has 0 aromatic carbocycles. The second-order valence-corrected chi connectivity index (χ2v) is 5.43. The van der Waals surface area contributed by atoms with E-state index in [9.17, 15) is 0 Å². The zero-order chi connectivity index (χ0) is 13.0. The third kappa shape index (κ3) is 3.01. The summed E-state index contributed by atoms with van der Waals surface area (Å²) in [6, 6.07) is 0. The fraction of sp³-hybridized carbons (Fsp3) is 0.692. The van der Waals surface area contributed by atoms with Crippen LogP contribution >= 0.6 is 15.9 Å². The van der Waals surface area contributed by atoms with Crippen molar-refractivity contribution in [3.63, 3.8) is 0 Å². The van der Waals surface area contributed by atoms with E-state index in [1.54, 1.807) is 7.11 Å². The highest BCUT2D eigenvalue weighted by Gasteiger charge is 2.22. The van der Waals surface area contributed by atoms with E-state index < -0.39 is 0 Å². The molecule has 0 radical (unpaired) electrons. The lowest BCUT2D eigenvalue weighted by Crippen LogP contribution is -2.10. The second kappa shape index (κ2) is 6.48. The van der Waals surface area contributed by atoms with Gasteiger partial charge in [0, 0.05) is 19.6 Å². The average molecular weight is 314 g/mol. The molecule has 0 unspecified atom stereocenters. The van der Waals surface area contributed by atoms with Crippen LogP contribution in [0.4, 0.5) is 5.82 Å².